The molecule has 0 heterocycles. The summed E-state index contributed by atoms with van der Waals surface area (Å²) < 4.78 is 0. The van der Waals surface area contributed by atoms with Crippen LogP contribution in [0.5, 0.6) is 0 Å². The van der Waals surface area contributed by atoms with Crippen molar-refractivity contribution in [3.8, 4) is 0 Å². The molecule has 0 aromatic heterocycles. The van der Waals surface area contributed by atoms with Gasteiger partial charge in [-0.25, -0.2) is 0 Å². The van der Waals surface area contributed by atoms with E-state index in [0.717, 1.165) is 0 Å². The molecule has 0 aliphatic carbocycles. The molecule has 3 N–H and O–H groups in total. The lowest BCUT2D eigenvalue weighted by atomic mass is 10.0. The number of benzene rings is 1. The summed E-state index contributed by atoms with van der Waals surface area (Å²) >= 11 is 17.7. The topological polar surface area (TPSA) is 55.1 Å². The molecule has 1 aromatic carbocycles. The first kappa shape index (κ1) is 15.6. The first-order valence-electron chi connectivity index (χ1n) is 5.52. The van der Waals surface area contributed by atoms with Crippen LogP contribution in [0.3, 0.4) is 0 Å². The molecule has 1 rings (SSSR count). The smallest absolute Gasteiger partial charge is 0.241 e. The van der Waals surface area contributed by atoms with Crippen LogP contribution in [0, 0.1) is 5.92 Å². The minimum Gasteiger partial charge on any atom is -0.322 e. The van der Waals surface area contributed by atoms with Crippen molar-refractivity contribution in [1.82, 2.24) is 0 Å². The van der Waals surface area contributed by atoms with Crippen LogP contribution in [0.2, 0.25) is 15.1 Å². The van der Waals surface area contributed by atoms with E-state index in [1.807, 2.05) is 13.8 Å². The van der Waals surface area contributed by atoms with E-state index in [9.17, 15) is 4.79 Å². The number of anilines is 1. The summed E-state index contributed by atoms with van der Waals surface area (Å²) in [6.45, 7) is 3.99. The Morgan fingerprint density at radius 1 is 1.28 bits per heavy atom. The number of amides is 1. The number of carbonyl (C=O) groups excluding carboxylic acids is 1. The minimum absolute atomic E-state index is 0.289. The number of hydrogen-bond acceptors (Lipinski definition) is 2. The van der Waals surface area contributed by atoms with Crippen molar-refractivity contribution in [3.05, 3.63) is 27.2 Å². The second kappa shape index (κ2) is 6.62. The van der Waals surface area contributed by atoms with E-state index in [1.54, 1.807) is 0 Å². The van der Waals surface area contributed by atoms with Gasteiger partial charge in [-0.3, -0.25) is 4.79 Å². The third-order valence-electron chi connectivity index (χ3n) is 2.32. The predicted molar refractivity (Wildman–Crippen MR) is 77.5 cm³/mol. The van der Waals surface area contributed by atoms with E-state index < -0.39 is 6.04 Å². The number of nitrogens with two attached hydrogens (primary N) is 1. The van der Waals surface area contributed by atoms with Crippen LogP contribution in [0.4, 0.5) is 5.69 Å². The molecule has 0 spiro atoms. The molecule has 0 radical (unpaired) electrons. The SMILES string of the molecule is CC(C)C[C@H](N)C(=O)Nc1c(Cl)cc(Cl)cc1Cl. The second-order valence-corrected chi connectivity index (χ2v) is 5.72. The van der Waals surface area contributed by atoms with Gasteiger partial charge in [-0.05, 0) is 24.5 Å². The average molecular weight is 310 g/mol. The molecule has 6 heteroatoms. The molecule has 0 saturated carbocycles. The molecule has 18 heavy (non-hydrogen) atoms. The lowest BCUT2D eigenvalue weighted by molar-refractivity contribution is -0.117. The van der Waals surface area contributed by atoms with Crippen LogP contribution in [0.25, 0.3) is 0 Å². The Hall–Kier alpha value is -0.480. The highest BCUT2D eigenvalue weighted by atomic mass is 35.5. The van der Waals surface area contributed by atoms with Crippen molar-refractivity contribution >= 4 is 46.4 Å². The van der Waals surface area contributed by atoms with Crippen molar-refractivity contribution in [1.29, 1.82) is 0 Å². The summed E-state index contributed by atoms with van der Waals surface area (Å²) in [7, 11) is 0. The van der Waals surface area contributed by atoms with E-state index in [-0.39, 0.29) is 16.0 Å². The molecule has 1 amide bonds. The van der Waals surface area contributed by atoms with E-state index in [2.05, 4.69) is 5.32 Å². The van der Waals surface area contributed by atoms with E-state index in [1.165, 1.54) is 12.1 Å². The van der Waals surface area contributed by atoms with Crippen LogP contribution < -0.4 is 11.1 Å². The van der Waals surface area contributed by atoms with Crippen LogP contribution in [0.15, 0.2) is 12.1 Å². The number of rotatable bonds is 4. The van der Waals surface area contributed by atoms with Crippen molar-refractivity contribution < 1.29 is 4.79 Å². The van der Waals surface area contributed by atoms with Gasteiger partial charge >= 0.3 is 0 Å². The van der Waals surface area contributed by atoms with Gasteiger partial charge in [0.05, 0.1) is 21.8 Å². The zero-order valence-corrected chi connectivity index (χ0v) is 12.4. The first-order chi connectivity index (χ1) is 8.31. The molecule has 1 aromatic rings. The molecular weight excluding hydrogens is 295 g/mol. The van der Waals surface area contributed by atoms with Crippen LogP contribution in [-0.4, -0.2) is 11.9 Å². The maximum Gasteiger partial charge on any atom is 0.241 e. The molecular formula is C12H15Cl3N2O. The highest BCUT2D eigenvalue weighted by Gasteiger charge is 2.18. The number of carbonyl (C=O) groups is 1. The fraction of sp³-hybridized carbons (Fsp3) is 0.417. The number of nitrogens with one attached hydrogen (secondary N) is 1. The Morgan fingerprint density at radius 2 is 1.78 bits per heavy atom. The summed E-state index contributed by atoms with van der Waals surface area (Å²) in [4.78, 5) is 11.9. The van der Waals surface area contributed by atoms with Gasteiger partial charge in [0.25, 0.3) is 0 Å². The van der Waals surface area contributed by atoms with Crippen LogP contribution >= 0.6 is 34.8 Å². The molecule has 100 valence electrons. The van der Waals surface area contributed by atoms with E-state index in [0.29, 0.717) is 23.0 Å². The quantitative estimate of drug-likeness (QED) is 0.884. The zero-order valence-electron chi connectivity index (χ0n) is 10.1. The fourth-order valence-electron chi connectivity index (χ4n) is 1.49. The third-order valence-corrected chi connectivity index (χ3v) is 3.13. The van der Waals surface area contributed by atoms with Crippen molar-refractivity contribution in [2.24, 2.45) is 11.7 Å². The molecule has 0 bridgehead atoms. The largest absolute Gasteiger partial charge is 0.322 e. The summed E-state index contributed by atoms with van der Waals surface area (Å²) in [5.74, 6) is 0.0248. The van der Waals surface area contributed by atoms with Gasteiger partial charge < -0.3 is 11.1 Å². The van der Waals surface area contributed by atoms with Gasteiger partial charge in [-0.2, -0.15) is 0 Å². The lowest BCUT2D eigenvalue weighted by Gasteiger charge is -2.15. The Bertz CT molecular complexity index is 426. The van der Waals surface area contributed by atoms with Gasteiger partial charge in [0, 0.05) is 5.02 Å². The minimum atomic E-state index is -0.590. The number of halogens is 3. The Kier molecular flexibility index (Phi) is 5.73. The Morgan fingerprint density at radius 3 is 2.22 bits per heavy atom. The summed E-state index contributed by atoms with van der Waals surface area (Å²) in [5.41, 5.74) is 6.11. The number of hydrogen-bond donors (Lipinski definition) is 2. The van der Waals surface area contributed by atoms with Crippen molar-refractivity contribution in [2.75, 3.05) is 5.32 Å². The normalized spacial score (nSPS) is 12.6. The predicted octanol–water partition coefficient (Wildman–Crippen LogP) is 3.96. The molecule has 3 nitrogen and oxygen atoms in total. The average Bonchev–Trinajstić information content (AvgIpc) is 2.21. The van der Waals surface area contributed by atoms with Gasteiger partial charge in [-0.15, -0.1) is 0 Å². The van der Waals surface area contributed by atoms with Gasteiger partial charge in [-0.1, -0.05) is 48.7 Å². The van der Waals surface area contributed by atoms with E-state index in [4.69, 9.17) is 40.5 Å². The van der Waals surface area contributed by atoms with Crippen LogP contribution in [0.1, 0.15) is 20.3 Å². The first-order valence-corrected chi connectivity index (χ1v) is 6.65. The van der Waals surface area contributed by atoms with Crippen molar-refractivity contribution in [3.63, 3.8) is 0 Å². The highest BCUT2D eigenvalue weighted by molar-refractivity contribution is 6.42. The van der Waals surface area contributed by atoms with Gasteiger partial charge in [0.1, 0.15) is 0 Å². The highest BCUT2D eigenvalue weighted by Crippen LogP contribution is 2.33. The molecule has 0 saturated heterocycles. The molecule has 0 aliphatic heterocycles. The summed E-state index contributed by atoms with van der Waals surface area (Å²) in [6, 6.07) is 2.43. The van der Waals surface area contributed by atoms with Crippen molar-refractivity contribution in [2.45, 2.75) is 26.3 Å². The Labute approximate surface area is 122 Å². The standard InChI is InChI=1S/C12H15Cl3N2O/c1-6(2)3-10(16)12(18)17-11-8(14)4-7(13)5-9(11)15/h4-6,10H,3,16H2,1-2H3,(H,17,18)/t10-/m0/s1. The summed E-state index contributed by atoms with van der Waals surface area (Å²) in [6.07, 6.45) is 0.592. The fourth-order valence-corrected chi connectivity index (χ4v) is 2.40. The van der Waals surface area contributed by atoms with Gasteiger partial charge in [0.2, 0.25) is 5.91 Å². The lowest BCUT2D eigenvalue weighted by Crippen LogP contribution is -2.36. The maximum absolute atomic E-state index is 11.9. The molecule has 0 fully saturated rings. The molecule has 0 aliphatic rings. The molecule has 0 unspecified atom stereocenters. The zero-order chi connectivity index (χ0) is 13.9. The maximum atomic E-state index is 11.9. The molecule has 1 atom stereocenters. The van der Waals surface area contributed by atoms with Crippen LogP contribution in [-0.2, 0) is 4.79 Å². The summed E-state index contributed by atoms with van der Waals surface area (Å²) in [5, 5.41) is 3.61. The monoisotopic (exact) mass is 308 g/mol. The second-order valence-electron chi connectivity index (χ2n) is 4.47. The Balaban J connectivity index is 2.82. The third kappa shape index (κ3) is 4.32. The van der Waals surface area contributed by atoms with E-state index >= 15 is 0 Å². The van der Waals surface area contributed by atoms with Gasteiger partial charge in [0.15, 0.2) is 0 Å².